The number of halogens is 1. The van der Waals surface area contributed by atoms with E-state index in [0.29, 0.717) is 12.0 Å². The zero-order valence-corrected chi connectivity index (χ0v) is 10.5. The molecule has 0 bridgehead atoms. The number of hydrogen-bond donors (Lipinski definition) is 1. The monoisotopic (exact) mass is 289 g/mol. The lowest BCUT2D eigenvalue weighted by Crippen LogP contribution is -2.21. The van der Waals surface area contributed by atoms with E-state index in [4.69, 9.17) is 0 Å². The minimum Gasteiger partial charge on any atom is -0.382 e. The molecule has 0 spiro atoms. The van der Waals surface area contributed by atoms with Gasteiger partial charge in [-0.05, 0) is 53.6 Å². The zero-order chi connectivity index (χ0) is 9.84. The topological polar surface area (TPSA) is 12.0 Å². The number of hydrogen-bond acceptors (Lipinski definition) is 1. The standard InChI is InChI=1S/C11H16IN/c1-8(2)9(3)13-11-6-4-5-10(12)7-11/h4-9,13H,1-3H3. The fourth-order valence-electron chi connectivity index (χ4n) is 1.01. The van der Waals surface area contributed by atoms with Crippen molar-refractivity contribution >= 4 is 28.3 Å². The maximum Gasteiger partial charge on any atom is 0.0352 e. The lowest BCUT2D eigenvalue weighted by molar-refractivity contribution is 0.560. The Kier molecular flexibility index (Phi) is 4.03. The van der Waals surface area contributed by atoms with Crippen LogP contribution in [-0.4, -0.2) is 6.04 Å². The van der Waals surface area contributed by atoms with Crippen LogP contribution in [0.4, 0.5) is 5.69 Å². The molecule has 1 N–H and O–H groups in total. The molecule has 0 heterocycles. The molecule has 0 aliphatic carbocycles. The molecule has 0 saturated carbocycles. The zero-order valence-electron chi connectivity index (χ0n) is 8.34. The number of nitrogens with one attached hydrogen (secondary N) is 1. The molecule has 0 aliphatic heterocycles. The lowest BCUT2D eigenvalue weighted by Gasteiger charge is -2.18. The number of rotatable bonds is 3. The van der Waals surface area contributed by atoms with Crippen molar-refractivity contribution in [1.29, 1.82) is 0 Å². The average molecular weight is 289 g/mol. The van der Waals surface area contributed by atoms with Gasteiger partial charge in [0.05, 0.1) is 0 Å². The summed E-state index contributed by atoms with van der Waals surface area (Å²) in [4.78, 5) is 0. The van der Waals surface area contributed by atoms with E-state index in [0.717, 1.165) is 0 Å². The first kappa shape index (κ1) is 10.8. The van der Waals surface area contributed by atoms with Gasteiger partial charge in [0, 0.05) is 15.3 Å². The molecule has 1 aromatic carbocycles. The molecule has 1 unspecified atom stereocenters. The van der Waals surface area contributed by atoms with Crippen molar-refractivity contribution in [3.63, 3.8) is 0 Å². The normalized spacial score (nSPS) is 13.0. The van der Waals surface area contributed by atoms with Crippen molar-refractivity contribution in [3.8, 4) is 0 Å². The van der Waals surface area contributed by atoms with Crippen molar-refractivity contribution in [2.24, 2.45) is 5.92 Å². The number of anilines is 1. The van der Waals surface area contributed by atoms with Crippen LogP contribution in [0.2, 0.25) is 0 Å². The van der Waals surface area contributed by atoms with Crippen molar-refractivity contribution in [2.75, 3.05) is 5.32 Å². The lowest BCUT2D eigenvalue weighted by atomic mass is 10.1. The van der Waals surface area contributed by atoms with Gasteiger partial charge >= 0.3 is 0 Å². The molecule has 0 radical (unpaired) electrons. The summed E-state index contributed by atoms with van der Waals surface area (Å²) in [7, 11) is 0. The number of benzene rings is 1. The first-order valence-corrected chi connectivity index (χ1v) is 5.69. The third kappa shape index (κ3) is 3.55. The molecule has 72 valence electrons. The van der Waals surface area contributed by atoms with E-state index < -0.39 is 0 Å². The highest BCUT2D eigenvalue weighted by molar-refractivity contribution is 14.1. The Morgan fingerprint density at radius 1 is 1.23 bits per heavy atom. The molecule has 1 rings (SSSR count). The summed E-state index contributed by atoms with van der Waals surface area (Å²) < 4.78 is 1.28. The molecule has 2 heteroatoms. The van der Waals surface area contributed by atoms with Gasteiger partial charge in [0.1, 0.15) is 0 Å². The minimum atomic E-state index is 0.526. The maximum absolute atomic E-state index is 3.48. The quantitative estimate of drug-likeness (QED) is 0.836. The van der Waals surface area contributed by atoms with Gasteiger partial charge in [-0.1, -0.05) is 19.9 Å². The first-order chi connectivity index (χ1) is 6.09. The van der Waals surface area contributed by atoms with Gasteiger partial charge in [-0.3, -0.25) is 0 Å². The van der Waals surface area contributed by atoms with Crippen molar-refractivity contribution in [2.45, 2.75) is 26.8 Å². The average Bonchev–Trinajstić information content (AvgIpc) is 2.04. The van der Waals surface area contributed by atoms with E-state index in [1.807, 2.05) is 0 Å². The second-order valence-corrected chi connectivity index (χ2v) is 4.93. The predicted octanol–water partition coefficient (Wildman–Crippen LogP) is 3.75. The largest absolute Gasteiger partial charge is 0.382 e. The third-order valence-corrected chi connectivity index (χ3v) is 2.89. The fraction of sp³-hybridized carbons (Fsp3) is 0.455. The van der Waals surface area contributed by atoms with E-state index in [1.165, 1.54) is 9.26 Å². The maximum atomic E-state index is 3.48. The van der Waals surface area contributed by atoms with Crippen molar-refractivity contribution in [3.05, 3.63) is 27.8 Å². The summed E-state index contributed by atoms with van der Waals surface area (Å²) >= 11 is 2.33. The molecule has 0 fully saturated rings. The second-order valence-electron chi connectivity index (χ2n) is 3.69. The summed E-state index contributed by atoms with van der Waals surface area (Å²) in [6.45, 7) is 6.67. The van der Waals surface area contributed by atoms with Crippen LogP contribution in [0, 0.1) is 9.49 Å². The summed E-state index contributed by atoms with van der Waals surface area (Å²) in [6, 6.07) is 8.99. The van der Waals surface area contributed by atoms with Gasteiger partial charge in [-0.25, -0.2) is 0 Å². The van der Waals surface area contributed by atoms with Gasteiger partial charge in [0.2, 0.25) is 0 Å². The molecule has 0 amide bonds. The highest BCUT2D eigenvalue weighted by Gasteiger charge is 2.05. The van der Waals surface area contributed by atoms with E-state index >= 15 is 0 Å². The third-order valence-electron chi connectivity index (χ3n) is 2.22. The van der Waals surface area contributed by atoms with Gasteiger partial charge in [0.15, 0.2) is 0 Å². The molecule has 0 saturated heterocycles. The van der Waals surface area contributed by atoms with Crippen LogP contribution in [0.3, 0.4) is 0 Å². The van der Waals surface area contributed by atoms with Gasteiger partial charge in [-0.15, -0.1) is 0 Å². The Morgan fingerprint density at radius 3 is 2.46 bits per heavy atom. The van der Waals surface area contributed by atoms with Crippen LogP contribution < -0.4 is 5.32 Å². The Labute approximate surface area is 94.1 Å². The SMILES string of the molecule is CC(C)C(C)Nc1cccc(I)c1. The van der Waals surface area contributed by atoms with Crippen LogP contribution in [-0.2, 0) is 0 Å². The molecule has 0 aromatic heterocycles. The Bertz CT molecular complexity index is 271. The van der Waals surface area contributed by atoms with Crippen molar-refractivity contribution in [1.82, 2.24) is 0 Å². The van der Waals surface area contributed by atoms with E-state index in [9.17, 15) is 0 Å². The van der Waals surface area contributed by atoms with E-state index in [1.54, 1.807) is 0 Å². The van der Waals surface area contributed by atoms with Crippen molar-refractivity contribution < 1.29 is 0 Å². The van der Waals surface area contributed by atoms with E-state index in [-0.39, 0.29) is 0 Å². The summed E-state index contributed by atoms with van der Waals surface area (Å²) in [5, 5.41) is 3.48. The van der Waals surface area contributed by atoms with Crippen LogP contribution in [0.5, 0.6) is 0 Å². The molecule has 1 atom stereocenters. The minimum absolute atomic E-state index is 0.526. The summed E-state index contributed by atoms with van der Waals surface area (Å²) in [5.74, 6) is 0.665. The van der Waals surface area contributed by atoms with E-state index in [2.05, 4.69) is 72.9 Å². The van der Waals surface area contributed by atoms with Crippen LogP contribution in [0.25, 0.3) is 0 Å². The Balaban J connectivity index is 2.64. The molecule has 1 aromatic rings. The first-order valence-electron chi connectivity index (χ1n) is 4.61. The second kappa shape index (κ2) is 4.84. The van der Waals surface area contributed by atoms with Gasteiger partial charge in [-0.2, -0.15) is 0 Å². The Morgan fingerprint density at radius 2 is 1.92 bits per heavy atom. The predicted molar refractivity (Wildman–Crippen MR) is 67.1 cm³/mol. The van der Waals surface area contributed by atoms with Crippen LogP contribution >= 0.6 is 22.6 Å². The molecule has 1 nitrogen and oxygen atoms in total. The van der Waals surface area contributed by atoms with Gasteiger partial charge in [0.25, 0.3) is 0 Å². The van der Waals surface area contributed by atoms with Crippen LogP contribution in [0.1, 0.15) is 20.8 Å². The molecular formula is C11H16IN. The molecule has 0 aliphatic rings. The highest BCUT2D eigenvalue weighted by atomic mass is 127. The fourth-order valence-corrected chi connectivity index (χ4v) is 1.55. The molecular weight excluding hydrogens is 273 g/mol. The molecule has 13 heavy (non-hydrogen) atoms. The van der Waals surface area contributed by atoms with Crippen LogP contribution in [0.15, 0.2) is 24.3 Å². The summed E-state index contributed by atoms with van der Waals surface area (Å²) in [6.07, 6.45) is 0. The Hall–Kier alpha value is -0.250. The van der Waals surface area contributed by atoms with Gasteiger partial charge < -0.3 is 5.32 Å². The highest BCUT2D eigenvalue weighted by Crippen LogP contribution is 2.15. The summed E-state index contributed by atoms with van der Waals surface area (Å²) in [5.41, 5.74) is 1.22. The smallest absolute Gasteiger partial charge is 0.0352 e.